The summed E-state index contributed by atoms with van der Waals surface area (Å²) >= 11 is 0. The summed E-state index contributed by atoms with van der Waals surface area (Å²) in [5, 5.41) is 8.81. The Hall–Kier alpha value is -4.66. The van der Waals surface area contributed by atoms with Crippen molar-refractivity contribution < 1.29 is 37.0 Å². The quantitative estimate of drug-likeness (QED) is 0.237. The summed E-state index contributed by atoms with van der Waals surface area (Å²) in [6.07, 6.45) is 1.42. The average molecular weight is 714 g/mol. The maximum absolute atomic E-state index is 16.7. The lowest BCUT2D eigenvalue weighted by Gasteiger charge is -2.33. The number of anilines is 3. The van der Waals surface area contributed by atoms with Crippen LogP contribution in [0.15, 0.2) is 24.5 Å². The normalized spacial score (nSPS) is 15.8. The summed E-state index contributed by atoms with van der Waals surface area (Å²) in [6.45, 7) is 13.2. The van der Waals surface area contributed by atoms with Crippen LogP contribution in [-0.4, -0.2) is 82.9 Å². The fraction of sp³-hybridized carbons (Fsp3) is 0.528. The fourth-order valence-corrected chi connectivity index (χ4v) is 6.33. The van der Waals surface area contributed by atoms with Crippen LogP contribution < -0.4 is 20.9 Å². The number of nitrogens with zero attached hydrogens (tertiary/aromatic N) is 4. The summed E-state index contributed by atoms with van der Waals surface area (Å²) in [6, 6.07) is 2.40. The number of likely N-dealkylation sites (tertiary alicyclic amines) is 1. The van der Waals surface area contributed by atoms with Crippen LogP contribution in [0.25, 0.3) is 21.9 Å². The van der Waals surface area contributed by atoms with Crippen molar-refractivity contribution in [1.29, 1.82) is 0 Å². The van der Waals surface area contributed by atoms with E-state index in [-0.39, 0.29) is 35.0 Å². The molecule has 2 aliphatic heterocycles. The van der Waals surface area contributed by atoms with E-state index in [1.54, 1.807) is 71.7 Å². The third-order valence-corrected chi connectivity index (χ3v) is 8.50. The number of alkyl halides is 2. The SMILES string of the molecule is Cc1c(-c2cc3cc(NC(=O)NC4CCN(CC(F)F)CC4)ncc3c(NC(=O)OC(C)(C)C)c2F)cnc2c1N(C(=O)OC(C)(C)C)CCC2. The molecule has 4 amide bonds. The Kier molecular flexibility index (Phi) is 11.0. The minimum atomic E-state index is -2.41. The van der Waals surface area contributed by atoms with E-state index < -0.39 is 41.7 Å². The van der Waals surface area contributed by atoms with E-state index in [0.717, 1.165) is 0 Å². The number of aromatic nitrogens is 2. The molecule has 51 heavy (non-hydrogen) atoms. The smallest absolute Gasteiger partial charge is 0.414 e. The number of amides is 4. The first-order valence-electron chi connectivity index (χ1n) is 17.1. The highest BCUT2D eigenvalue weighted by molar-refractivity contribution is 6.05. The number of carbonyl (C=O) groups is 3. The maximum Gasteiger partial charge on any atom is 0.414 e. The Bertz CT molecular complexity index is 1800. The zero-order valence-electron chi connectivity index (χ0n) is 30.1. The number of urea groups is 1. The lowest BCUT2D eigenvalue weighted by molar-refractivity contribution is 0.0575. The second-order valence-electron chi connectivity index (χ2n) is 14.9. The van der Waals surface area contributed by atoms with Crippen LogP contribution in [0.2, 0.25) is 0 Å². The van der Waals surface area contributed by atoms with Gasteiger partial charge in [0.2, 0.25) is 0 Å². The molecule has 1 aromatic carbocycles. The molecule has 3 aromatic rings. The Morgan fingerprint density at radius 3 is 2.27 bits per heavy atom. The monoisotopic (exact) mass is 713 g/mol. The highest BCUT2D eigenvalue weighted by Crippen LogP contribution is 2.41. The molecule has 0 radical (unpaired) electrons. The number of benzene rings is 1. The van der Waals surface area contributed by atoms with Gasteiger partial charge in [-0.25, -0.2) is 32.5 Å². The fourth-order valence-electron chi connectivity index (χ4n) is 6.33. The molecular formula is C36H46F3N7O5. The van der Waals surface area contributed by atoms with Crippen LogP contribution in [0.4, 0.5) is 44.7 Å². The van der Waals surface area contributed by atoms with Gasteiger partial charge in [-0.2, -0.15) is 0 Å². The molecule has 0 atom stereocenters. The molecule has 4 heterocycles. The summed E-state index contributed by atoms with van der Waals surface area (Å²) in [5.41, 5.74) is 0.526. The molecule has 0 unspecified atom stereocenters. The van der Waals surface area contributed by atoms with Gasteiger partial charge >= 0.3 is 18.2 Å². The average Bonchev–Trinajstić information content (AvgIpc) is 3.01. The third kappa shape index (κ3) is 9.37. The van der Waals surface area contributed by atoms with Crippen molar-refractivity contribution in [3.8, 4) is 11.1 Å². The van der Waals surface area contributed by atoms with Gasteiger partial charge in [-0.3, -0.25) is 25.4 Å². The van der Waals surface area contributed by atoms with Gasteiger partial charge in [-0.1, -0.05) is 0 Å². The number of ether oxygens (including phenoxy) is 2. The Balaban J connectivity index is 1.50. The van der Waals surface area contributed by atoms with E-state index >= 15 is 4.39 Å². The lowest BCUT2D eigenvalue weighted by Crippen LogP contribution is -2.46. The van der Waals surface area contributed by atoms with Crippen LogP contribution >= 0.6 is 0 Å². The van der Waals surface area contributed by atoms with Crippen LogP contribution in [0.5, 0.6) is 0 Å². The molecule has 12 nitrogen and oxygen atoms in total. The van der Waals surface area contributed by atoms with Gasteiger partial charge in [0.15, 0.2) is 5.82 Å². The first-order valence-corrected chi connectivity index (χ1v) is 17.1. The van der Waals surface area contributed by atoms with E-state index in [2.05, 4.69) is 25.9 Å². The predicted molar refractivity (Wildman–Crippen MR) is 189 cm³/mol. The van der Waals surface area contributed by atoms with Crippen LogP contribution in [0.3, 0.4) is 0 Å². The molecule has 2 aliphatic rings. The minimum absolute atomic E-state index is 0.0910. The molecule has 0 aliphatic carbocycles. The topological polar surface area (TPSA) is 138 Å². The van der Waals surface area contributed by atoms with Gasteiger partial charge in [-0.15, -0.1) is 0 Å². The number of fused-ring (bicyclic) bond motifs is 2. The van der Waals surface area contributed by atoms with Crippen molar-refractivity contribution in [2.45, 2.75) is 97.8 Å². The molecule has 5 rings (SSSR count). The molecule has 1 saturated heterocycles. The second kappa shape index (κ2) is 14.9. The number of hydrogen-bond donors (Lipinski definition) is 3. The van der Waals surface area contributed by atoms with Gasteiger partial charge in [0, 0.05) is 54.6 Å². The van der Waals surface area contributed by atoms with E-state index in [1.165, 1.54) is 11.1 Å². The molecule has 2 aromatic heterocycles. The Morgan fingerprint density at radius 2 is 1.63 bits per heavy atom. The summed E-state index contributed by atoms with van der Waals surface area (Å²) in [7, 11) is 0. The molecule has 1 fully saturated rings. The van der Waals surface area contributed by atoms with E-state index in [4.69, 9.17) is 9.47 Å². The number of pyridine rings is 2. The molecule has 0 saturated carbocycles. The van der Waals surface area contributed by atoms with Crippen molar-refractivity contribution in [3.63, 3.8) is 0 Å². The summed E-state index contributed by atoms with van der Waals surface area (Å²) in [4.78, 5) is 51.3. The van der Waals surface area contributed by atoms with Gasteiger partial charge in [0.05, 0.1) is 23.6 Å². The molecule has 0 spiro atoms. The number of nitrogens with one attached hydrogen (secondary N) is 3. The minimum Gasteiger partial charge on any atom is -0.444 e. The van der Waals surface area contributed by atoms with Crippen molar-refractivity contribution in [1.82, 2.24) is 20.2 Å². The zero-order valence-corrected chi connectivity index (χ0v) is 30.1. The standard InChI is InChI=1S/C36H46F3N7O5/c1-20-24(17-40-26-9-8-12-46(31(20)26)34(49)51-36(5,6)7)23-15-21-16-28(43-32(47)42-22-10-13-45(14-11-22)19-27(37)38)41-18-25(21)30(29(23)39)44-33(48)50-35(2,3)4/h15-18,22,27H,8-14,19H2,1-7H3,(H,44,48)(H2,41,42,43,47). The van der Waals surface area contributed by atoms with Crippen LogP contribution in [-0.2, 0) is 15.9 Å². The van der Waals surface area contributed by atoms with Crippen molar-refractivity contribution in [2.75, 3.05) is 41.7 Å². The van der Waals surface area contributed by atoms with Crippen LogP contribution in [0, 0.1) is 12.7 Å². The van der Waals surface area contributed by atoms with E-state index in [1.807, 2.05) is 0 Å². The molecule has 15 heteroatoms. The summed E-state index contributed by atoms with van der Waals surface area (Å²) in [5.74, 6) is -0.608. The van der Waals surface area contributed by atoms with Gasteiger partial charge in [0.25, 0.3) is 6.43 Å². The maximum atomic E-state index is 16.7. The second-order valence-corrected chi connectivity index (χ2v) is 14.9. The number of aryl methyl sites for hydroxylation is 1. The Morgan fingerprint density at radius 1 is 0.941 bits per heavy atom. The number of halogens is 3. The highest BCUT2D eigenvalue weighted by atomic mass is 19.3. The predicted octanol–water partition coefficient (Wildman–Crippen LogP) is 7.63. The van der Waals surface area contributed by atoms with Gasteiger partial charge in [-0.05, 0) is 97.2 Å². The van der Waals surface area contributed by atoms with Crippen molar-refractivity contribution >= 4 is 46.2 Å². The lowest BCUT2D eigenvalue weighted by atomic mass is 9.94. The first-order chi connectivity index (χ1) is 23.9. The largest absolute Gasteiger partial charge is 0.444 e. The molecule has 276 valence electrons. The summed E-state index contributed by atoms with van der Waals surface area (Å²) < 4.78 is 53.3. The Labute approximate surface area is 295 Å². The number of hydrogen-bond acceptors (Lipinski definition) is 8. The number of piperidine rings is 1. The van der Waals surface area contributed by atoms with Crippen LogP contribution in [0.1, 0.15) is 72.1 Å². The van der Waals surface area contributed by atoms with Crippen molar-refractivity contribution in [2.24, 2.45) is 0 Å². The number of carbonyl (C=O) groups excluding carboxylic acids is 3. The zero-order chi connectivity index (χ0) is 37.2. The van der Waals surface area contributed by atoms with Crippen molar-refractivity contribution in [3.05, 3.63) is 41.6 Å². The van der Waals surface area contributed by atoms with E-state index in [9.17, 15) is 23.2 Å². The van der Waals surface area contributed by atoms with E-state index in [0.29, 0.717) is 73.2 Å². The number of rotatable bonds is 6. The molecule has 0 bridgehead atoms. The highest BCUT2D eigenvalue weighted by Gasteiger charge is 2.32. The van der Waals surface area contributed by atoms with Gasteiger partial charge < -0.3 is 14.8 Å². The molecule has 3 N–H and O–H groups in total. The first kappa shape index (κ1) is 37.6. The molecular weight excluding hydrogens is 667 g/mol. The third-order valence-electron chi connectivity index (χ3n) is 8.50. The van der Waals surface area contributed by atoms with Gasteiger partial charge in [0.1, 0.15) is 17.0 Å².